The van der Waals surface area contributed by atoms with Gasteiger partial charge in [-0.1, -0.05) is 80.9 Å². The summed E-state index contributed by atoms with van der Waals surface area (Å²) in [4.78, 5) is 20.8. The number of aryl methyl sites for hydroxylation is 1. The number of carbonyl (C=O) groups is 1. The Morgan fingerprint density at radius 3 is 2.17 bits per heavy atom. The third kappa shape index (κ3) is 5.84. The van der Waals surface area contributed by atoms with Gasteiger partial charge in [0.05, 0.1) is 5.76 Å². The number of aliphatic hydroxyl groups excluding tert-OH is 1. The fourth-order valence-electron chi connectivity index (χ4n) is 5.86. The molecule has 0 unspecified atom stereocenters. The van der Waals surface area contributed by atoms with Crippen molar-refractivity contribution in [3.05, 3.63) is 90.6 Å². The Balaban J connectivity index is 0.000000221. The molecule has 1 N–H and O–H groups in total. The normalized spacial score (nSPS) is 11.9. The van der Waals surface area contributed by atoms with Crippen LogP contribution in [0.1, 0.15) is 59.1 Å². The van der Waals surface area contributed by atoms with Gasteiger partial charge in [0.25, 0.3) is 0 Å². The van der Waals surface area contributed by atoms with Gasteiger partial charge in [-0.2, -0.15) is 0 Å². The SMILES string of the molecule is CCC(CC)C(=O)/C=C(\O)C(CC)CC.Cc1ncnc2c3[c-]c4ccccc4cc3n3c4ccccc4cc3c12.[Ir]. The summed E-state index contributed by atoms with van der Waals surface area (Å²) in [5.74, 6) is 0.547. The molecule has 3 aromatic carbocycles. The molecule has 0 aliphatic heterocycles. The Morgan fingerprint density at radius 1 is 0.857 bits per heavy atom. The average Bonchev–Trinajstić information content (AvgIpc) is 3.37. The van der Waals surface area contributed by atoms with Crippen LogP contribution in [0.15, 0.2) is 78.8 Å². The first-order valence-corrected chi connectivity index (χ1v) is 14.7. The Kier molecular flexibility index (Phi) is 10.1. The fraction of sp³-hybridized carbons (Fsp3) is 0.306. The average molecular weight is 737 g/mol. The van der Waals surface area contributed by atoms with E-state index in [1.165, 1.54) is 22.4 Å². The molecule has 1 radical (unpaired) electrons. The largest absolute Gasteiger partial charge is 0.512 e. The molecule has 219 valence electrons. The van der Waals surface area contributed by atoms with Crippen LogP contribution >= 0.6 is 0 Å². The van der Waals surface area contributed by atoms with Gasteiger partial charge < -0.3 is 9.51 Å². The van der Waals surface area contributed by atoms with E-state index in [0.717, 1.165) is 64.1 Å². The summed E-state index contributed by atoms with van der Waals surface area (Å²) in [6.45, 7) is 10.1. The van der Waals surface area contributed by atoms with Gasteiger partial charge in [0, 0.05) is 65.6 Å². The molecule has 3 aromatic heterocycles. The molecule has 42 heavy (non-hydrogen) atoms. The fourth-order valence-corrected chi connectivity index (χ4v) is 5.86. The molecule has 0 saturated carbocycles. The van der Waals surface area contributed by atoms with E-state index in [9.17, 15) is 9.90 Å². The third-order valence-corrected chi connectivity index (χ3v) is 8.33. The van der Waals surface area contributed by atoms with E-state index in [2.05, 4.69) is 88.0 Å². The van der Waals surface area contributed by atoms with Crippen molar-refractivity contribution in [2.24, 2.45) is 11.8 Å². The van der Waals surface area contributed by atoms with Crippen molar-refractivity contribution >= 4 is 54.8 Å². The number of nitrogens with zero attached hydrogens (tertiary/aromatic N) is 3. The van der Waals surface area contributed by atoms with Gasteiger partial charge in [0.2, 0.25) is 0 Å². The second-order valence-corrected chi connectivity index (χ2v) is 10.7. The molecule has 0 saturated heterocycles. The van der Waals surface area contributed by atoms with Crippen molar-refractivity contribution in [3.8, 4) is 0 Å². The van der Waals surface area contributed by atoms with Gasteiger partial charge >= 0.3 is 0 Å². The zero-order valence-corrected chi connectivity index (χ0v) is 27.3. The van der Waals surface area contributed by atoms with Crippen LogP contribution in [0, 0.1) is 24.8 Å². The van der Waals surface area contributed by atoms with Gasteiger partial charge in [-0.3, -0.25) is 9.78 Å². The number of aromatic nitrogens is 3. The van der Waals surface area contributed by atoms with Crippen LogP contribution in [-0.2, 0) is 24.9 Å². The molecular formula is C36H38IrN3O2-. The number of benzene rings is 3. The number of para-hydroxylation sites is 1. The van der Waals surface area contributed by atoms with Gasteiger partial charge in [-0.15, -0.1) is 17.5 Å². The first kappa shape index (κ1) is 31.3. The summed E-state index contributed by atoms with van der Waals surface area (Å²) in [7, 11) is 0. The topological polar surface area (TPSA) is 67.5 Å². The van der Waals surface area contributed by atoms with Gasteiger partial charge in [-0.25, -0.2) is 4.98 Å². The summed E-state index contributed by atoms with van der Waals surface area (Å²) in [6, 6.07) is 25.0. The Bertz CT molecular complexity index is 1900. The molecule has 0 atom stereocenters. The molecule has 6 rings (SSSR count). The molecule has 6 heteroatoms. The maximum Gasteiger partial charge on any atom is 0.162 e. The number of ketones is 1. The van der Waals surface area contributed by atoms with E-state index in [1.54, 1.807) is 6.33 Å². The van der Waals surface area contributed by atoms with Crippen molar-refractivity contribution in [2.75, 3.05) is 0 Å². The van der Waals surface area contributed by atoms with Crippen LogP contribution in [0.25, 0.3) is 49.0 Å². The molecule has 3 heterocycles. The molecule has 0 bridgehead atoms. The number of rotatable bonds is 7. The number of pyridine rings is 1. The quantitative estimate of drug-likeness (QED) is 0.0584. The Labute approximate surface area is 261 Å². The van der Waals surface area contributed by atoms with Crippen molar-refractivity contribution in [2.45, 2.75) is 60.3 Å². The monoisotopic (exact) mass is 737 g/mol. The molecule has 5 nitrogen and oxygen atoms in total. The Morgan fingerprint density at radius 2 is 1.48 bits per heavy atom. The number of fused-ring (bicyclic) bond motifs is 9. The molecule has 0 fully saturated rings. The number of hydrogen-bond acceptors (Lipinski definition) is 4. The summed E-state index contributed by atoms with van der Waals surface area (Å²) >= 11 is 0. The van der Waals surface area contributed by atoms with E-state index < -0.39 is 0 Å². The van der Waals surface area contributed by atoms with E-state index in [1.807, 2.05) is 27.7 Å². The summed E-state index contributed by atoms with van der Waals surface area (Å²) in [5, 5.41) is 15.4. The minimum Gasteiger partial charge on any atom is -0.512 e. The molecule has 0 aliphatic rings. The number of carbonyl (C=O) groups excluding carboxylic acids is 1. The summed E-state index contributed by atoms with van der Waals surface area (Å²) in [6.07, 6.45) is 6.56. The van der Waals surface area contributed by atoms with Gasteiger partial charge in [0.15, 0.2) is 5.78 Å². The second-order valence-electron chi connectivity index (χ2n) is 10.7. The Hall–Kier alpha value is -3.60. The van der Waals surface area contributed by atoms with Crippen LogP contribution in [0.4, 0.5) is 0 Å². The van der Waals surface area contributed by atoms with Crippen molar-refractivity contribution in [1.82, 2.24) is 14.4 Å². The van der Waals surface area contributed by atoms with E-state index in [4.69, 9.17) is 0 Å². The minimum absolute atomic E-state index is 0. The van der Waals surface area contributed by atoms with E-state index in [-0.39, 0.29) is 43.5 Å². The van der Waals surface area contributed by atoms with Crippen molar-refractivity contribution in [3.63, 3.8) is 0 Å². The zero-order chi connectivity index (χ0) is 29.1. The number of aliphatic hydroxyl groups is 1. The number of allylic oxidation sites excluding steroid dienone is 2. The molecule has 0 amide bonds. The minimum atomic E-state index is 0. The van der Waals surface area contributed by atoms with Crippen molar-refractivity contribution in [1.29, 1.82) is 0 Å². The predicted molar refractivity (Wildman–Crippen MR) is 170 cm³/mol. The van der Waals surface area contributed by atoms with Crippen molar-refractivity contribution < 1.29 is 30.0 Å². The first-order chi connectivity index (χ1) is 19.9. The first-order valence-electron chi connectivity index (χ1n) is 14.7. The molecule has 0 aliphatic carbocycles. The van der Waals surface area contributed by atoms with E-state index >= 15 is 0 Å². The van der Waals surface area contributed by atoms with E-state index in [0.29, 0.717) is 0 Å². The van der Waals surface area contributed by atoms with Crippen LogP contribution in [0.3, 0.4) is 0 Å². The van der Waals surface area contributed by atoms with Crippen LogP contribution in [0.2, 0.25) is 0 Å². The molecule has 6 aromatic rings. The zero-order valence-electron chi connectivity index (χ0n) is 24.9. The second kappa shape index (κ2) is 13.6. The predicted octanol–water partition coefficient (Wildman–Crippen LogP) is 9.32. The van der Waals surface area contributed by atoms with Crippen LogP contribution in [0.5, 0.6) is 0 Å². The number of hydrogen-bond donors (Lipinski definition) is 1. The van der Waals surface area contributed by atoms with Crippen LogP contribution in [-0.4, -0.2) is 25.3 Å². The van der Waals surface area contributed by atoms with Gasteiger partial charge in [-0.05, 0) is 55.6 Å². The standard InChI is InChI=1S/C23H14N3.C13H24O2.Ir/c1-14-22-21-12-17-8-4-5-9-19(17)26(21)20-11-16-7-3-2-6-15(16)10-18(20)23(22)25-13-24-14;1-5-10(6-2)12(14)9-13(15)11(7-3)8-4;/h2-9,11-13H,1H3;9-11,14H,5-8H2,1-4H3;/q-1;;/b;12-9-;. The van der Waals surface area contributed by atoms with Crippen LogP contribution < -0.4 is 0 Å². The summed E-state index contributed by atoms with van der Waals surface area (Å²) in [5.41, 5.74) is 5.43. The maximum atomic E-state index is 11.7. The smallest absolute Gasteiger partial charge is 0.162 e. The summed E-state index contributed by atoms with van der Waals surface area (Å²) < 4.78 is 2.33. The molecular weight excluding hydrogens is 699 g/mol. The van der Waals surface area contributed by atoms with Gasteiger partial charge in [0.1, 0.15) is 6.33 Å². The third-order valence-electron chi connectivity index (χ3n) is 8.33. The maximum absolute atomic E-state index is 11.7. The molecule has 0 spiro atoms.